The van der Waals surface area contributed by atoms with Crippen molar-refractivity contribution in [1.29, 1.82) is 0 Å². The van der Waals surface area contributed by atoms with Crippen molar-refractivity contribution < 1.29 is 14.5 Å². The summed E-state index contributed by atoms with van der Waals surface area (Å²) < 4.78 is 5.52. The van der Waals surface area contributed by atoms with Gasteiger partial charge in [-0.3, -0.25) is 14.9 Å². The molecule has 0 fully saturated rings. The summed E-state index contributed by atoms with van der Waals surface area (Å²) in [5.41, 5.74) is 0.414. The number of nitrogens with one attached hydrogen (secondary N) is 1. The minimum atomic E-state index is -0.557. The molecule has 1 N–H and O–H groups in total. The molecule has 0 atom stereocenters. The molecular formula is C15H13ClN2O4S. The first-order chi connectivity index (χ1) is 11.0. The second-order valence-corrected chi connectivity index (χ2v) is 5.78. The van der Waals surface area contributed by atoms with E-state index in [0.717, 1.165) is 0 Å². The standard InChI is InChI=1S/C15H13ClN2O4S/c1-23-9-15(19)17-11-3-5-12(6-4-11)22-14-7-2-10(16)8-13(14)18(20)21/h2-8H,9H2,1H3,(H,17,19). The Morgan fingerprint density at radius 2 is 2.00 bits per heavy atom. The number of nitro groups is 1. The number of rotatable bonds is 6. The normalized spacial score (nSPS) is 10.2. The first-order valence-electron chi connectivity index (χ1n) is 6.50. The van der Waals surface area contributed by atoms with Gasteiger partial charge < -0.3 is 10.1 Å². The van der Waals surface area contributed by atoms with Crippen molar-refractivity contribution in [3.8, 4) is 11.5 Å². The van der Waals surface area contributed by atoms with Gasteiger partial charge in [0.15, 0.2) is 0 Å². The van der Waals surface area contributed by atoms with E-state index in [-0.39, 0.29) is 22.4 Å². The van der Waals surface area contributed by atoms with Crippen molar-refractivity contribution in [1.82, 2.24) is 0 Å². The van der Waals surface area contributed by atoms with E-state index in [4.69, 9.17) is 16.3 Å². The molecule has 0 spiro atoms. The zero-order valence-electron chi connectivity index (χ0n) is 12.1. The Balaban J connectivity index is 2.12. The summed E-state index contributed by atoms with van der Waals surface area (Å²) >= 11 is 7.18. The highest BCUT2D eigenvalue weighted by Crippen LogP contribution is 2.33. The highest BCUT2D eigenvalue weighted by Gasteiger charge is 2.16. The summed E-state index contributed by atoms with van der Waals surface area (Å²) in [7, 11) is 0. The van der Waals surface area contributed by atoms with Crippen molar-refractivity contribution >= 4 is 40.6 Å². The van der Waals surface area contributed by atoms with Crippen LogP contribution in [0.25, 0.3) is 0 Å². The number of anilines is 1. The average Bonchev–Trinajstić information content (AvgIpc) is 2.51. The summed E-state index contributed by atoms with van der Waals surface area (Å²) in [5, 5.41) is 14.0. The second kappa shape index (κ2) is 7.85. The first kappa shape index (κ1) is 17.1. The van der Waals surface area contributed by atoms with Crippen LogP contribution < -0.4 is 10.1 Å². The Hall–Kier alpha value is -2.25. The van der Waals surface area contributed by atoms with Gasteiger partial charge in [0.05, 0.1) is 10.7 Å². The lowest BCUT2D eigenvalue weighted by molar-refractivity contribution is -0.385. The van der Waals surface area contributed by atoms with Crippen molar-refractivity contribution in [2.24, 2.45) is 0 Å². The highest BCUT2D eigenvalue weighted by molar-refractivity contribution is 7.99. The van der Waals surface area contributed by atoms with Gasteiger partial charge in [-0.15, -0.1) is 0 Å². The van der Waals surface area contributed by atoms with Crippen LogP contribution in [-0.2, 0) is 4.79 Å². The quantitative estimate of drug-likeness (QED) is 0.617. The number of nitrogens with zero attached hydrogens (tertiary/aromatic N) is 1. The van der Waals surface area contributed by atoms with Crippen LogP contribution in [0.3, 0.4) is 0 Å². The number of thioether (sulfide) groups is 1. The Morgan fingerprint density at radius 3 is 2.61 bits per heavy atom. The van der Waals surface area contributed by atoms with Crippen LogP contribution in [0.4, 0.5) is 11.4 Å². The predicted octanol–water partition coefficient (Wildman–Crippen LogP) is 4.34. The maximum absolute atomic E-state index is 11.5. The SMILES string of the molecule is CSCC(=O)Nc1ccc(Oc2ccc(Cl)cc2[N+](=O)[O-])cc1. The Morgan fingerprint density at radius 1 is 1.30 bits per heavy atom. The molecule has 0 aromatic heterocycles. The van der Waals surface area contributed by atoms with Crippen LogP contribution in [0.2, 0.25) is 5.02 Å². The van der Waals surface area contributed by atoms with Gasteiger partial charge in [0.2, 0.25) is 11.7 Å². The monoisotopic (exact) mass is 352 g/mol. The summed E-state index contributed by atoms with van der Waals surface area (Å²) in [6, 6.07) is 10.7. The van der Waals surface area contributed by atoms with Crippen LogP contribution in [0.5, 0.6) is 11.5 Å². The lowest BCUT2D eigenvalue weighted by Crippen LogP contribution is -2.13. The number of amides is 1. The van der Waals surface area contributed by atoms with Crippen molar-refractivity contribution in [3.05, 3.63) is 57.6 Å². The van der Waals surface area contributed by atoms with Gasteiger partial charge in [0.1, 0.15) is 5.75 Å². The molecule has 2 aromatic rings. The predicted molar refractivity (Wildman–Crippen MR) is 91.6 cm³/mol. The molecule has 2 rings (SSSR count). The first-order valence-corrected chi connectivity index (χ1v) is 8.27. The van der Waals surface area contributed by atoms with Crippen LogP contribution in [-0.4, -0.2) is 22.8 Å². The minimum Gasteiger partial charge on any atom is -0.450 e. The number of hydrogen-bond acceptors (Lipinski definition) is 5. The summed E-state index contributed by atoms with van der Waals surface area (Å²) in [6.07, 6.45) is 1.84. The van der Waals surface area contributed by atoms with Gasteiger partial charge in [-0.2, -0.15) is 11.8 Å². The zero-order valence-corrected chi connectivity index (χ0v) is 13.7. The fourth-order valence-corrected chi connectivity index (χ4v) is 2.28. The zero-order chi connectivity index (χ0) is 16.8. The smallest absolute Gasteiger partial charge is 0.313 e. The Labute approximate surface area is 141 Å². The molecule has 1 amide bonds. The molecule has 120 valence electrons. The molecule has 23 heavy (non-hydrogen) atoms. The molecule has 0 heterocycles. The van der Waals surface area contributed by atoms with E-state index in [0.29, 0.717) is 17.2 Å². The topological polar surface area (TPSA) is 81.5 Å². The van der Waals surface area contributed by atoms with Gasteiger partial charge in [0, 0.05) is 16.8 Å². The molecule has 0 aliphatic carbocycles. The maximum atomic E-state index is 11.5. The van der Waals surface area contributed by atoms with Crippen molar-refractivity contribution in [3.63, 3.8) is 0 Å². The van der Waals surface area contributed by atoms with E-state index in [1.807, 2.05) is 6.26 Å². The number of benzene rings is 2. The van der Waals surface area contributed by atoms with Gasteiger partial charge in [-0.25, -0.2) is 0 Å². The number of carbonyl (C=O) groups excluding carboxylic acids is 1. The number of carbonyl (C=O) groups is 1. The summed E-state index contributed by atoms with van der Waals surface area (Å²) in [6.45, 7) is 0. The van der Waals surface area contributed by atoms with Crippen LogP contribution in [0, 0.1) is 10.1 Å². The van der Waals surface area contributed by atoms with E-state index >= 15 is 0 Å². The Bertz CT molecular complexity index is 722. The molecule has 0 radical (unpaired) electrons. The number of ether oxygens (including phenoxy) is 1. The summed E-state index contributed by atoms with van der Waals surface area (Å²) in [4.78, 5) is 22.0. The van der Waals surface area contributed by atoms with E-state index in [1.165, 1.54) is 30.0 Å². The molecule has 2 aromatic carbocycles. The van der Waals surface area contributed by atoms with Crippen molar-refractivity contribution in [2.75, 3.05) is 17.3 Å². The lowest BCUT2D eigenvalue weighted by Gasteiger charge is -2.08. The molecule has 0 saturated carbocycles. The highest BCUT2D eigenvalue weighted by atomic mass is 35.5. The molecule has 0 bridgehead atoms. The second-order valence-electron chi connectivity index (χ2n) is 4.48. The lowest BCUT2D eigenvalue weighted by atomic mass is 10.2. The fraction of sp³-hybridized carbons (Fsp3) is 0.133. The van der Waals surface area contributed by atoms with Crippen molar-refractivity contribution in [2.45, 2.75) is 0 Å². The van der Waals surface area contributed by atoms with E-state index in [1.54, 1.807) is 24.3 Å². The van der Waals surface area contributed by atoms with E-state index in [9.17, 15) is 14.9 Å². The Kier molecular flexibility index (Phi) is 5.84. The third kappa shape index (κ3) is 4.87. The average molecular weight is 353 g/mol. The summed E-state index contributed by atoms with van der Waals surface area (Å²) in [5.74, 6) is 0.784. The molecule has 0 unspecified atom stereocenters. The van der Waals surface area contributed by atoms with E-state index < -0.39 is 4.92 Å². The van der Waals surface area contributed by atoms with Crippen LogP contribution in [0.15, 0.2) is 42.5 Å². The van der Waals surface area contributed by atoms with Gasteiger partial charge in [-0.1, -0.05) is 11.6 Å². The van der Waals surface area contributed by atoms with Crippen LogP contribution in [0.1, 0.15) is 0 Å². The van der Waals surface area contributed by atoms with Gasteiger partial charge in [-0.05, 0) is 42.7 Å². The molecule has 8 heteroatoms. The third-order valence-corrected chi connectivity index (χ3v) is 3.54. The molecular weight excluding hydrogens is 340 g/mol. The van der Waals surface area contributed by atoms with Gasteiger partial charge >= 0.3 is 5.69 Å². The number of halogens is 1. The number of hydrogen-bond donors (Lipinski definition) is 1. The molecule has 0 aliphatic rings. The molecule has 6 nitrogen and oxygen atoms in total. The minimum absolute atomic E-state index is 0.0959. The van der Waals surface area contributed by atoms with E-state index in [2.05, 4.69) is 5.32 Å². The van der Waals surface area contributed by atoms with Crippen LogP contribution >= 0.6 is 23.4 Å². The molecule has 0 saturated heterocycles. The molecule has 0 aliphatic heterocycles. The van der Waals surface area contributed by atoms with Gasteiger partial charge in [0.25, 0.3) is 0 Å². The largest absolute Gasteiger partial charge is 0.450 e. The fourth-order valence-electron chi connectivity index (χ4n) is 1.78. The third-order valence-electron chi connectivity index (χ3n) is 2.76. The maximum Gasteiger partial charge on any atom is 0.313 e. The number of nitro benzene ring substituents is 1.